The number of ether oxygens (including phenoxy) is 1. The Morgan fingerprint density at radius 1 is 1.15 bits per heavy atom. The summed E-state index contributed by atoms with van der Waals surface area (Å²) in [6, 6.07) is 11.9. The predicted molar refractivity (Wildman–Crippen MR) is 97.2 cm³/mol. The van der Waals surface area contributed by atoms with Gasteiger partial charge in [-0.1, -0.05) is 18.2 Å². The molecule has 1 heterocycles. The highest BCUT2D eigenvalue weighted by Gasteiger charge is 2.23. The second-order valence-electron chi connectivity index (χ2n) is 7.04. The lowest BCUT2D eigenvalue weighted by atomic mass is 10.1. The van der Waals surface area contributed by atoms with Crippen molar-refractivity contribution < 1.29 is 23.9 Å². The lowest BCUT2D eigenvalue weighted by molar-refractivity contribution is -0.871. The molecule has 138 valence electrons. The first kappa shape index (κ1) is 19.4. The highest BCUT2D eigenvalue weighted by molar-refractivity contribution is 5.94. The summed E-state index contributed by atoms with van der Waals surface area (Å²) >= 11 is 0. The van der Waals surface area contributed by atoms with Crippen molar-refractivity contribution in [1.29, 1.82) is 0 Å². The summed E-state index contributed by atoms with van der Waals surface area (Å²) in [4.78, 5) is 27.6. The fourth-order valence-electron chi connectivity index (χ4n) is 2.49. The molecule has 2 N–H and O–H groups in total. The van der Waals surface area contributed by atoms with E-state index >= 15 is 0 Å². The molecule has 0 saturated heterocycles. The van der Waals surface area contributed by atoms with Crippen LogP contribution in [0.2, 0.25) is 0 Å². The number of para-hydroxylation sites is 1. The van der Waals surface area contributed by atoms with Gasteiger partial charge in [-0.3, -0.25) is 9.59 Å². The molecule has 26 heavy (non-hydrogen) atoms. The third-order valence-electron chi connectivity index (χ3n) is 3.49. The molecule has 7 heteroatoms. The number of hydrogen-bond donors (Lipinski definition) is 2. The zero-order valence-corrected chi connectivity index (χ0v) is 15.2. The molecule has 2 aromatic rings. The van der Waals surface area contributed by atoms with Crippen molar-refractivity contribution in [2.24, 2.45) is 0 Å². The molecule has 0 fully saturated rings. The third-order valence-corrected chi connectivity index (χ3v) is 3.49. The van der Waals surface area contributed by atoms with Gasteiger partial charge in [-0.2, -0.15) is 0 Å². The molecule has 0 aliphatic carbocycles. The van der Waals surface area contributed by atoms with Crippen molar-refractivity contribution in [3.8, 4) is 11.6 Å². The molecule has 0 radical (unpaired) electrons. The molecule has 1 unspecified atom stereocenters. The third kappa shape index (κ3) is 6.52. The first-order valence-corrected chi connectivity index (χ1v) is 8.25. The molecule has 1 aromatic heterocycles. The largest absolute Gasteiger partial charge is 0.481 e. The Bertz CT molecular complexity index is 740. The Morgan fingerprint density at radius 2 is 1.85 bits per heavy atom. The lowest BCUT2D eigenvalue weighted by Crippen LogP contribution is -2.49. The molecule has 1 aromatic carbocycles. The SMILES string of the molecule is C[N+](C)(C)CC(CC(=O)O)NC(=O)c1ccc(Oc2ccccc2)nc1. The number of carboxylic acids is 1. The number of pyridine rings is 1. The van der Waals surface area contributed by atoms with Crippen LogP contribution in [0.4, 0.5) is 0 Å². The zero-order chi connectivity index (χ0) is 19.2. The Labute approximate surface area is 152 Å². The monoisotopic (exact) mass is 358 g/mol. The number of carbonyl (C=O) groups is 2. The average molecular weight is 358 g/mol. The first-order chi connectivity index (χ1) is 12.2. The van der Waals surface area contributed by atoms with E-state index in [1.54, 1.807) is 12.1 Å². The van der Waals surface area contributed by atoms with E-state index in [9.17, 15) is 9.59 Å². The van der Waals surface area contributed by atoms with Crippen LogP contribution in [-0.2, 0) is 4.79 Å². The molecule has 0 aliphatic heterocycles. The second kappa shape index (κ2) is 8.44. The summed E-state index contributed by atoms with van der Waals surface area (Å²) in [5, 5.41) is 11.8. The van der Waals surface area contributed by atoms with Crippen molar-refractivity contribution in [3.63, 3.8) is 0 Å². The van der Waals surface area contributed by atoms with Crippen LogP contribution < -0.4 is 10.1 Å². The van der Waals surface area contributed by atoms with Gasteiger partial charge in [-0.25, -0.2) is 4.98 Å². The van der Waals surface area contributed by atoms with E-state index in [0.29, 0.717) is 28.2 Å². The van der Waals surface area contributed by atoms with Gasteiger partial charge >= 0.3 is 5.97 Å². The van der Waals surface area contributed by atoms with E-state index in [2.05, 4.69) is 10.3 Å². The molecular weight excluding hydrogens is 334 g/mol. The molecular formula is C19H24N3O4+. The van der Waals surface area contributed by atoms with Gasteiger partial charge in [-0.15, -0.1) is 0 Å². The summed E-state index contributed by atoms with van der Waals surface area (Å²) < 4.78 is 6.13. The van der Waals surface area contributed by atoms with Crippen molar-refractivity contribution >= 4 is 11.9 Å². The Balaban J connectivity index is 2.02. The molecule has 2 rings (SSSR count). The summed E-state index contributed by atoms with van der Waals surface area (Å²) in [6.07, 6.45) is 1.28. The number of quaternary nitrogens is 1. The molecule has 0 aliphatic rings. The van der Waals surface area contributed by atoms with Crippen molar-refractivity contribution in [2.75, 3.05) is 27.7 Å². The van der Waals surface area contributed by atoms with Gasteiger partial charge in [-0.05, 0) is 18.2 Å². The Morgan fingerprint density at radius 3 is 2.38 bits per heavy atom. The smallest absolute Gasteiger partial charge is 0.305 e. The van der Waals surface area contributed by atoms with Crippen LogP contribution in [-0.4, -0.2) is 60.2 Å². The van der Waals surface area contributed by atoms with Gasteiger partial charge < -0.3 is 19.6 Å². The van der Waals surface area contributed by atoms with Crippen LogP contribution in [0.1, 0.15) is 16.8 Å². The number of amides is 1. The highest BCUT2D eigenvalue weighted by atomic mass is 16.5. The first-order valence-electron chi connectivity index (χ1n) is 8.25. The van der Waals surface area contributed by atoms with Crippen LogP contribution in [0.3, 0.4) is 0 Å². The van der Waals surface area contributed by atoms with Crippen LogP contribution in [0.5, 0.6) is 11.6 Å². The number of aromatic nitrogens is 1. The van der Waals surface area contributed by atoms with E-state index in [1.807, 2.05) is 51.5 Å². The minimum absolute atomic E-state index is 0.135. The Hall–Kier alpha value is -2.93. The van der Waals surface area contributed by atoms with Crippen LogP contribution in [0.25, 0.3) is 0 Å². The minimum atomic E-state index is -0.950. The second-order valence-corrected chi connectivity index (χ2v) is 7.04. The van der Waals surface area contributed by atoms with E-state index in [4.69, 9.17) is 9.84 Å². The fraction of sp³-hybridized carbons (Fsp3) is 0.316. The van der Waals surface area contributed by atoms with E-state index in [-0.39, 0.29) is 12.3 Å². The van der Waals surface area contributed by atoms with Crippen molar-refractivity contribution in [3.05, 3.63) is 54.2 Å². The maximum atomic E-state index is 12.4. The van der Waals surface area contributed by atoms with Gasteiger partial charge in [0.05, 0.1) is 45.7 Å². The molecule has 1 atom stereocenters. The maximum Gasteiger partial charge on any atom is 0.305 e. The number of likely N-dealkylation sites (N-methyl/N-ethyl adjacent to an activating group) is 1. The van der Waals surface area contributed by atoms with E-state index in [0.717, 1.165) is 0 Å². The number of nitrogens with one attached hydrogen (secondary N) is 1. The minimum Gasteiger partial charge on any atom is -0.481 e. The number of benzene rings is 1. The van der Waals surface area contributed by atoms with Gasteiger partial charge in [0.25, 0.3) is 5.91 Å². The normalized spacial score (nSPS) is 12.3. The van der Waals surface area contributed by atoms with Crippen molar-refractivity contribution in [2.45, 2.75) is 12.5 Å². The van der Waals surface area contributed by atoms with E-state index in [1.165, 1.54) is 6.20 Å². The zero-order valence-electron chi connectivity index (χ0n) is 15.2. The molecule has 0 spiro atoms. The van der Waals surface area contributed by atoms with Gasteiger partial charge in [0.15, 0.2) is 0 Å². The molecule has 0 saturated carbocycles. The van der Waals surface area contributed by atoms with Gasteiger partial charge in [0.2, 0.25) is 5.88 Å². The average Bonchev–Trinajstić information content (AvgIpc) is 2.54. The lowest BCUT2D eigenvalue weighted by Gasteiger charge is -2.29. The summed E-state index contributed by atoms with van der Waals surface area (Å²) in [7, 11) is 5.83. The quantitative estimate of drug-likeness (QED) is 0.706. The number of carbonyl (C=O) groups excluding carboxylic acids is 1. The van der Waals surface area contributed by atoms with Crippen LogP contribution >= 0.6 is 0 Å². The molecule has 7 nitrogen and oxygen atoms in total. The topological polar surface area (TPSA) is 88.5 Å². The van der Waals surface area contributed by atoms with Crippen molar-refractivity contribution in [1.82, 2.24) is 10.3 Å². The number of hydrogen-bond acceptors (Lipinski definition) is 4. The number of carboxylic acid groups (broad SMARTS) is 1. The number of aliphatic carboxylic acids is 1. The Kier molecular flexibility index (Phi) is 6.30. The fourth-order valence-corrected chi connectivity index (χ4v) is 2.49. The molecule has 0 bridgehead atoms. The van der Waals surface area contributed by atoms with Crippen LogP contribution in [0, 0.1) is 0 Å². The number of nitrogens with zero attached hydrogens (tertiary/aromatic N) is 2. The predicted octanol–water partition coefficient (Wildman–Crippen LogP) is 2.15. The standard InChI is InChI=1S/C19H23N3O4/c1-22(2,3)13-15(11-18(23)24)21-19(25)14-9-10-17(20-12-14)26-16-7-5-4-6-8-16/h4-10,12,15H,11,13H2,1-3H3,(H-,21,23,24,25)/p+1. The summed E-state index contributed by atoms with van der Waals surface area (Å²) in [5.41, 5.74) is 0.349. The van der Waals surface area contributed by atoms with Gasteiger partial charge in [0.1, 0.15) is 5.75 Å². The molecule has 1 amide bonds. The van der Waals surface area contributed by atoms with Gasteiger partial charge in [0, 0.05) is 12.3 Å². The van der Waals surface area contributed by atoms with Crippen LogP contribution in [0.15, 0.2) is 48.7 Å². The summed E-state index contributed by atoms with van der Waals surface area (Å²) in [6.45, 7) is 0.501. The maximum absolute atomic E-state index is 12.4. The highest BCUT2D eigenvalue weighted by Crippen LogP contribution is 2.18. The number of rotatable bonds is 8. The van der Waals surface area contributed by atoms with E-state index < -0.39 is 12.0 Å². The summed E-state index contributed by atoms with van der Waals surface area (Å²) in [5.74, 6) is -0.278.